The van der Waals surface area contributed by atoms with Gasteiger partial charge in [-0.15, -0.1) is 0 Å². The van der Waals surface area contributed by atoms with E-state index in [1.165, 1.54) is 28.8 Å². The van der Waals surface area contributed by atoms with Crippen molar-refractivity contribution < 1.29 is 28.2 Å². The lowest BCUT2D eigenvalue weighted by Crippen LogP contribution is -2.27. The van der Waals surface area contributed by atoms with E-state index < -0.39 is 35.2 Å². The molecule has 5 nitrogen and oxygen atoms in total. The smallest absolute Gasteiger partial charge is 0.313 e. The summed E-state index contributed by atoms with van der Waals surface area (Å²) < 4.78 is 34.6. The Hall–Kier alpha value is -3.22. The number of hydrogen-bond acceptors (Lipinski definition) is 4. The van der Waals surface area contributed by atoms with Crippen LogP contribution in [0.3, 0.4) is 0 Å². The van der Waals surface area contributed by atoms with Crippen LogP contribution in [0.4, 0.5) is 8.78 Å². The second-order valence-electron chi connectivity index (χ2n) is 7.68. The summed E-state index contributed by atoms with van der Waals surface area (Å²) in [5.74, 6) is -3.80. The third kappa shape index (κ3) is 3.34. The summed E-state index contributed by atoms with van der Waals surface area (Å²) in [4.78, 5) is 25.8. The van der Waals surface area contributed by atoms with Gasteiger partial charge in [0.05, 0.1) is 11.4 Å². The number of carbonyl (C=O) groups is 2. The van der Waals surface area contributed by atoms with Crippen molar-refractivity contribution in [3.63, 3.8) is 0 Å². The predicted molar refractivity (Wildman–Crippen MR) is 107 cm³/mol. The van der Waals surface area contributed by atoms with E-state index in [2.05, 4.69) is 0 Å². The van der Waals surface area contributed by atoms with Gasteiger partial charge in [-0.25, -0.2) is 8.78 Å². The monoisotopic (exact) mass is 413 g/mol. The van der Waals surface area contributed by atoms with Crippen molar-refractivity contribution in [1.29, 1.82) is 0 Å². The zero-order chi connectivity index (χ0) is 21.6. The van der Waals surface area contributed by atoms with Gasteiger partial charge < -0.3 is 9.84 Å². The summed E-state index contributed by atoms with van der Waals surface area (Å²) in [6.07, 6.45) is 2.56. The average molecular weight is 413 g/mol. The summed E-state index contributed by atoms with van der Waals surface area (Å²) in [5, 5.41) is 10.3. The van der Waals surface area contributed by atoms with Gasteiger partial charge in [0, 0.05) is 22.7 Å². The van der Waals surface area contributed by atoms with Crippen molar-refractivity contribution in [3.05, 3.63) is 64.9 Å². The molecule has 30 heavy (non-hydrogen) atoms. The molecule has 1 saturated carbocycles. The van der Waals surface area contributed by atoms with Crippen molar-refractivity contribution in [2.45, 2.75) is 45.1 Å². The number of fused-ring (bicyclic) bond motifs is 1. The number of benzene rings is 2. The standard InChI is InChI=1S/C23H21F2NO4/c1-12(23(29)30-16-7-4-8-16)21-13(2)26(19-11-18(25)20(27)10-17(19)21)22(28)14-5-3-6-15(24)9-14/h3,5-6,9-12,16,27H,4,7-8H2,1-2H3. The molecule has 3 aromatic rings. The molecule has 0 aliphatic heterocycles. The third-order valence-corrected chi connectivity index (χ3v) is 5.72. The molecule has 0 spiro atoms. The van der Waals surface area contributed by atoms with Crippen molar-refractivity contribution >= 4 is 22.8 Å². The highest BCUT2D eigenvalue weighted by Crippen LogP contribution is 2.37. The number of carbonyl (C=O) groups excluding carboxylic acids is 2. The molecule has 7 heteroatoms. The van der Waals surface area contributed by atoms with Gasteiger partial charge in [-0.2, -0.15) is 0 Å². The van der Waals surface area contributed by atoms with E-state index >= 15 is 0 Å². The van der Waals surface area contributed by atoms with Crippen molar-refractivity contribution in [2.75, 3.05) is 0 Å². The number of nitrogens with zero attached hydrogens (tertiary/aromatic N) is 1. The maximum absolute atomic E-state index is 14.2. The molecule has 0 radical (unpaired) electrons. The van der Waals surface area contributed by atoms with Crippen molar-refractivity contribution in [2.24, 2.45) is 0 Å². The molecule has 1 aliphatic carbocycles. The topological polar surface area (TPSA) is 68.5 Å². The Morgan fingerprint density at radius 1 is 1.20 bits per heavy atom. The Morgan fingerprint density at radius 2 is 1.93 bits per heavy atom. The fourth-order valence-corrected chi connectivity index (χ4v) is 3.88. The fraction of sp³-hybridized carbons (Fsp3) is 0.304. The van der Waals surface area contributed by atoms with Crippen LogP contribution in [0.15, 0.2) is 36.4 Å². The molecule has 0 saturated heterocycles. The Bertz CT molecular complexity index is 1160. The third-order valence-electron chi connectivity index (χ3n) is 5.72. The van der Waals surface area contributed by atoms with Crippen molar-refractivity contribution in [3.8, 4) is 5.75 Å². The highest BCUT2D eigenvalue weighted by Gasteiger charge is 2.31. The summed E-state index contributed by atoms with van der Waals surface area (Å²) in [7, 11) is 0. The van der Waals surface area contributed by atoms with Crippen LogP contribution >= 0.6 is 0 Å². The van der Waals surface area contributed by atoms with E-state index in [9.17, 15) is 23.5 Å². The quantitative estimate of drug-likeness (QED) is 0.623. The molecule has 156 valence electrons. The molecule has 1 unspecified atom stereocenters. The van der Waals surface area contributed by atoms with Gasteiger partial charge in [-0.1, -0.05) is 6.07 Å². The number of rotatable bonds is 4. The van der Waals surface area contributed by atoms with Gasteiger partial charge in [0.1, 0.15) is 11.9 Å². The van der Waals surface area contributed by atoms with Crippen LogP contribution in [0.5, 0.6) is 5.75 Å². The van der Waals surface area contributed by atoms with Crippen LogP contribution in [0, 0.1) is 18.6 Å². The summed E-state index contributed by atoms with van der Waals surface area (Å²) in [6.45, 7) is 3.29. The van der Waals surface area contributed by atoms with Crippen LogP contribution in [0.1, 0.15) is 53.7 Å². The van der Waals surface area contributed by atoms with E-state index in [0.29, 0.717) is 16.6 Å². The maximum Gasteiger partial charge on any atom is 0.313 e. The van der Waals surface area contributed by atoms with Crippen LogP contribution in [0.25, 0.3) is 10.9 Å². The second kappa shape index (κ2) is 7.55. The first-order valence-electron chi connectivity index (χ1n) is 9.82. The maximum atomic E-state index is 14.2. The summed E-state index contributed by atoms with van der Waals surface area (Å²) in [6, 6.07) is 7.44. The number of esters is 1. The Balaban J connectivity index is 1.86. The highest BCUT2D eigenvalue weighted by molar-refractivity contribution is 6.05. The first kappa shape index (κ1) is 20.1. The molecular formula is C23H21F2NO4. The van der Waals surface area contributed by atoms with Crippen LogP contribution in [0.2, 0.25) is 0 Å². The van der Waals surface area contributed by atoms with Crippen LogP contribution < -0.4 is 0 Å². The van der Waals surface area contributed by atoms with Crippen LogP contribution in [-0.4, -0.2) is 27.7 Å². The van der Waals surface area contributed by atoms with Gasteiger partial charge in [-0.05, 0) is 62.9 Å². The average Bonchev–Trinajstić information content (AvgIpc) is 2.94. The molecule has 1 aliphatic rings. The number of aromatic hydroxyl groups is 1. The van der Waals surface area contributed by atoms with E-state index in [-0.39, 0.29) is 17.2 Å². The molecule has 0 amide bonds. The largest absolute Gasteiger partial charge is 0.505 e. The first-order valence-corrected chi connectivity index (χ1v) is 9.82. The normalized spacial score (nSPS) is 15.1. The van der Waals surface area contributed by atoms with E-state index in [1.807, 2.05) is 0 Å². The van der Waals surface area contributed by atoms with E-state index in [4.69, 9.17) is 4.74 Å². The molecule has 1 atom stereocenters. The Labute approximate surface area is 171 Å². The predicted octanol–water partition coefficient (Wildman–Crippen LogP) is 4.82. The van der Waals surface area contributed by atoms with Gasteiger partial charge in [0.25, 0.3) is 5.91 Å². The number of aromatic nitrogens is 1. The number of hydrogen-bond donors (Lipinski definition) is 1. The molecular weight excluding hydrogens is 392 g/mol. The molecule has 1 aromatic heterocycles. The molecule has 1 fully saturated rings. The zero-order valence-corrected chi connectivity index (χ0v) is 16.6. The van der Waals surface area contributed by atoms with Gasteiger partial charge >= 0.3 is 5.97 Å². The zero-order valence-electron chi connectivity index (χ0n) is 16.6. The van der Waals surface area contributed by atoms with E-state index in [1.54, 1.807) is 13.8 Å². The summed E-state index contributed by atoms with van der Waals surface area (Å²) >= 11 is 0. The SMILES string of the molecule is Cc1c(C(C)C(=O)OC2CCC2)c2cc(O)c(F)cc2n1C(=O)c1cccc(F)c1. The number of phenolic OH excluding ortho intramolecular Hbond substituents is 1. The minimum Gasteiger partial charge on any atom is -0.505 e. The lowest BCUT2D eigenvalue weighted by Gasteiger charge is -2.26. The lowest BCUT2D eigenvalue weighted by atomic mass is 9.94. The number of halogens is 2. The molecule has 1 N–H and O–H groups in total. The van der Waals surface area contributed by atoms with E-state index in [0.717, 1.165) is 31.4 Å². The molecule has 0 bridgehead atoms. The molecule has 2 aromatic carbocycles. The highest BCUT2D eigenvalue weighted by atomic mass is 19.1. The summed E-state index contributed by atoms with van der Waals surface area (Å²) in [5.41, 5.74) is 1.15. The van der Waals surface area contributed by atoms with Gasteiger partial charge in [0.2, 0.25) is 0 Å². The minimum absolute atomic E-state index is 0.0831. The lowest BCUT2D eigenvalue weighted by molar-refractivity contribution is -0.154. The van der Waals surface area contributed by atoms with Crippen molar-refractivity contribution in [1.82, 2.24) is 4.57 Å². The number of ether oxygens (including phenoxy) is 1. The second-order valence-corrected chi connectivity index (χ2v) is 7.68. The van der Waals surface area contributed by atoms with Crippen LogP contribution in [-0.2, 0) is 9.53 Å². The fourth-order valence-electron chi connectivity index (χ4n) is 3.88. The first-order chi connectivity index (χ1) is 14.3. The van der Waals surface area contributed by atoms with Gasteiger partial charge in [0.15, 0.2) is 11.6 Å². The molecule has 1 heterocycles. The Kier molecular flexibility index (Phi) is 5.05. The van der Waals surface area contributed by atoms with Gasteiger partial charge in [-0.3, -0.25) is 14.2 Å². The minimum atomic E-state index is -0.899. The number of phenols is 1. The molecule has 4 rings (SSSR count). The Morgan fingerprint density at radius 3 is 2.57 bits per heavy atom.